The molecule has 0 unspecified atom stereocenters. The van der Waals surface area contributed by atoms with Crippen LogP contribution in [0.2, 0.25) is 0 Å². The Labute approximate surface area is 115 Å². The smallest absolute Gasteiger partial charge is 0.256 e. The summed E-state index contributed by atoms with van der Waals surface area (Å²) in [6.45, 7) is -0.0534. The Kier molecular flexibility index (Phi) is 3.93. The third-order valence-electron chi connectivity index (χ3n) is 2.57. The highest BCUT2D eigenvalue weighted by molar-refractivity contribution is 9.08. The van der Waals surface area contributed by atoms with Crippen LogP contribution in [0.15, 0.2) is 30.5 Å². The zero-order chi connectivity index (χ0) is 14.0. The van der Waals surface area contributed by atoms with Gasteiger partial charge in [0.15, 0.2) is 0 Å². The van der Waals surface area contributed by atoms with Crippen LogP contribution >= 0.6 is 15.9 Å². The van der Waals surface area contributed by atoms with Crippen molar-refractivity contribution >= 4 is 15.9 Å². The van der Waals surface area contributed by atoms with Crippen LogP contribution in [0.5, 0.6) is 0 Å². The number of benzene rings is 1. The number of nitrogens with zero attached hydrogens (tertiary/aromatic N) is 2. The maximum absolute atomic E-state index is 13.0. The van der Waals surface area contributed by atoms with Crippen molar-refractivity contribution in [3.8, 4) is 0 Å². The minimum Gasteiger partial charge on any atom is -0.256 e. The maximum atomic E-state index is 13.0. The Morgan fingerprint density at radius 1 is 1.16 bits per heavy atom. The molecule has 0 bridgehead atoms. The van der Waals surface area contributed by atoms with Gasteiger partial charge < -0.3 is 0 Å². The average molecular weight is 337 g/mol. The van der Waals surface area contributed by atoms with Gasteiger partial charge in [0, 0.05) is 10.9 Å². The van der Waals surface area contributed by atoms with Gasteiger partial charge in [0.25, 0.3) is 0 Å². The SMILES string of the molecule is Fc1ccc(Cn2ncc(CBr)c2C(F)(F)F)cc1. The van der Waals surface area contributed by atoms with Crippen LogP contribution < -0.4 is 0 Å². The van der Waals surface area contributed by atoms with E-state index in [1.165, 1.54) is 30.5 Å². The molecule has 1 heterocycles. The molecular weight excluding hydrogens is 328 g/mol. The summed E-state index contributed by atoms with van der Waals surface area (Å²) >= 11 is 3.01. The standard InChI is InChI=1S/C12H9BrF4N2/c13-5-9-6-18-19(11(9)12(15,16)17)7-8-1-3-10(14)4-2-8/h1-4,6H,5,7H2. The number of hydrogen-bond acceptors (Lipinski definition) is 1. The summed E-state index contributed by atoms with van der Waals surface area (Å²) in [5, 5.41) is 3.82. The fourth-order valence-corrected chi connectivity index (χ4v) is 2.14. The van der Waals surface area contributed by atoms with E-state index in [-0.39, 0.29) is 17.4 Å². The summed E-state index contributed by atoms with van der Waals surface area (Å²) in [7, 11) is 0. The van der Waals surface area contributed by atoms with Crippen LogP contribution in [-0.2, 0) is 18.1 Å². The molecule has 19 heavy (non-hydrogen) atoms. The van der Waals surface area contributed by atoms with Gasteiger partial charge >= 0.3 is 6.18 Å². The van der Waals surface area contributed by atoms with Gasteiger partial charge in [0.2, 0.25) is 0 Å². The lowest BCUT2D eigenvalue weighted by atomic mass is 10.2. The molecule has 1 aromatic carbocycles. The Bertz CT molecular complexity index is 560. The molecule has 0 aliphatic rings. The van der Waals surface area contributed by atoms with Crippen LogP contribution in [0.4, 0.5) is 17.6 Å². The quantitative estimate of drug-likeness (QED) is 0.612. The molecule has 2 rings (SSSR count). The number of alkyl halides is 4. The monoisotopic (exact) mass is 336 g/mol. The number of aromatic nitrogens is 2. The van der Waals surface area contributed by atoms with E-state index in [1.54, 1.807) is 0 Å². The lowest BCUT2D eigenvalue weighted by Gasteiger charge is -2.12. The normalized spacial score (nSPS) is 11.8. The molecule has 7 heteroatoms. The number of hydrogen-bond donors (Lipinski definition) is 0. The highest BCUT2D eigenvalue weighted by Crippen LogP contribution is 2.33. The zero-order valence-electron chi connectivity index (χ0n) is 9.59. The van der Waals surface area contributed by atoms with Gasteiger partial charge in [-0.1, -0.05) is 28.1 Å². The molecule has 0 atom stereocenters. The molecule has 2 aromatic rings. The largest absolute Gasteiger partial charge is 0.433 e. The van der Waals surface area contributed by atoms with Crippen molar-refractivity contribution in [2.24, 2.45) is 0 Å². The highest BCUT2D eigenvalue weighted by atomic mass is 79.9. The first kappa shape index (κ1) is 14.0. The molecule has 102 valence electrons. The first-order chi connectivity index (χ1) is 8.91. The Morgan fingerprint density at radius 2 is 1.79 bits per heavy atom. The fraction of sp³-hybridized carbons (Fsp3) is 0.250. The van der Waals surface area contributed by atoms with Gasteiger partial charge in [-0.25, -0.2) is 4.39 Å². The van der Waals surface area contributed by atoms with E-state index in [2.05, 4.69) is 21.0 Å². The van der Waals surface area contributed by atoms with E-state index in [0.717, 1.165) is 4.68 Å². The second-order valence-corrected chi connectivity index (χ2v) is 4.49. The van der Waals surface area contributed by atoms with Crippen molar-refractivity contribution in [1.82, 2.24) is 9.78 Å². The van der Waals surface area contributed by atoms with Crippen molar-refractivity contribution in [1.29, 1.82) is 0 Å². The van der Waals surface area contributed by atoms with E-state index in [9.17, 15) is 17.6 Å². The van der Waals surface area contributed by atoms with Crippen LogP contribution in [0.25, 0.3) is 0 Å². The summed E-state index contributed by atoms with van der Waals surface area (Å²) in [6, 6.07) is 5.28. The van der Waals surface area contributed by atoms with Crippen molar-refractivity contribution < 1.29 is 17.6 Å². The zero-order valence-corrected chi connectivity index (χ0v) is 11.2. The summed E-state index contributed by atoms with van der Waals surface area (Å²) in [6.07, 6.45) is -3.29. The molecule has 0 saturated carbocycles. The third kappa shape index (κ3) is 3.15. The van der Waals surface area contributed by atoms with E-state index in [4.69, 9.17) is 0 Å². The van der Waals surface area contributed by atoms with Gasteiger partial charge in [-0.3, -0.25) is 4.68 Å². The fourth-order valence-electron chi connectivity index (χ4n) is 1.73. The molecule has 0 amide bonds. The topological polar surface area (TPSA) is 17.8 Å². The molecule has 0 aliphatic heterocycles. The van der Waals surface area contributed by atoms with Gasteiger partial charge in [0.1, 0.15) is 11.5 Å². The average Bonchev–Trinajstić information content (AvgIpc) is 2.75. The summed E-state index contributed by atoms with van der Waals surface area (Å²) in [4.78, 5) is 0. The minimum absolute atomic E-state index is 0.0534. The molecule has 2 nitrogen and oxygen atoms in total. The lowest BCUT2D eigenvalue weighted by Crippen LogP contribution is -2.17. The molecule has 0 fully saturated rings. The molecule has 0 saturated heterocycles. The Morgan fingerprint density at radius 3 is 2.32 bits per heavy atom. The second-order valence-electron chi connectivity index (χ2n) is 3.93. The first-order valence-electron chi connectivity index (χ1n) is 5.34. The number of rotatable bonds is 3. The predicted molar refractivity (Wildman–Crippen MR) is 65.4 cm³/mol. The predicted octanol–water partition coefficient (Wildman–Crippen LogP) is 3.98. The summed E-state index contributed by atoms with van der Waals surface area (Å²) in [5.41, 5.74) is -0.153. The van der Waals surface area contributed by atoms with Crippen molar-refractivity contribution in [3.05, 3.63) is 53.1 Å². The van der Waals surface area contributed by atoms with E-state index >= 15 is 0 Å². The summed E-state index contributed by atoms with van der Waals surface area (Å²) in [5.74, 6) is -0.429. The highest BCUT2D eigenvalue weighted by Gasteiger charge is 2.37. The maximum Gasteiger partial charge on any atom is 0.433 e. The van der Waals surface area contributed by atoms with Crippen molar-refractivity contribution in [3.63, 3.8) is 0 Å². The minimum atomic E-state index is -4.47. The first-order valence-corrected chi connectivity index (χ1v) is 6.46. The van der Waals surface area contributed by atoms with Gasteiger partial charge in [-0.15, -0.1) is 0 Å². The van der Waals surface area contributed by atoms with E-state index in [1.807, 2.05) is 0 Å². The molecule has 1 aromatic heterocycles. The summed E-state index contributed by atoms with van der Waals surface area (Å²) < 4.78 is 52.5. The van der Waals surface area contributed by atoms with Crippen LogP contribution in [0.3, 0.4) is 0 Å². The van der Waals surface area contributed by atoms with Gasteiger partial charge in [0.05, 0.1) is 12.7 Å². The molecule has 0 aliphatic carbocycles. The van der Waals surface area contributed by atoms with Crippen LogP contribution in [-0.4, -0.2) is 9.78 Å². The molecular formula is C12H9BrF4N2. The second kappa shape index (κ2) is 5.32. The Balaban J connectivity index is 2.35. The van der Waals surface area contributed by atoms with E-state index < -0.39 is 17.7 Å². The van der Waals surface area contributed by atoms with Crippen molar-refractivity contribution in [2.75, 3.05) is 0 Å². The van der Waals surface area contributed by atoms with Gasteiger partial charge in [-0.05, 0) is 17.7 Å². The molecule has 0 N–H and O–H groups in total. The lowest BCUT2D eigenvalue weighted by molar-refractivity contribution is -0.144. The number of halogens is 5. The molecule has 0 spiro atoms. The van der Waals surface area contributed by atoms with E-state index in [0.29, 0.717) is 5.56 Å². The van der Waals surface area contributed by atoms with Crippen molar-refractivity contribution in [2.45, 2.75) is 18.1 Å². The van der Waals surface area contributed by atoms with Crippen LogP contribution in [0, 0.1) is 5.82 Å². The van der Waals surface area contributed by atoms with Crippen LogP contribution in [0.1, 0.15) is 16.8 Å². The third-order valence-corrected chi connectivity index (χ3v) is 3.18. The Hall–Kier alpha value is -1.37. The molecule has 0 radical (unpaired) electrons. The van der Waals surface area contributed by atoms with Gasteiger partial charge in [-0.2, -0.15) is 18.3 Å².